The van der Waals surface area contributed by atoms with E-state index in [1.54, 1.807) is 0 Å². The fraction of sp³-hybridized carbons (Fsp3) is 0.857. The van der Waals surface area contributed by atoms with Crippen LogP contribution in [0, 0.1) is 47.8 Å². The van der Waals surface area contributed by atoms with E-state index in [4.69, 9.17) is 19.2 Å². The van der Waals surface area contributed by atoms with E-state index < -0.39 is 7.82 Å². The molecule has 0 aliphatic rings. The van der Waals surface area contributed by atoms with Gasteiger partial charge in [-0.25, -0.2) is 4.57 Å². The van der Waals surface area contributed by atoms with Gasteiger partial charge in [-0.3, -0.25) is 0 Å². The average molecular weight is 341 g/mol. The monoisotopic (exact) mass is 339 g/mol. The first kappa shape index (κ1) is 19.9. The Labute approximate surface area is 113 Å². The maximum absolute atomic E-state index is 8.88. The van der Waals surface area contributed by atoms with Crippen molar-refractivity contribution in [2.45, 2.75) is 39.0 Å². The van der Waals surface area contributed by atoms with Gasteiger partial charge >= 0.3 is 7.82 Å². The van der Waals surface area contributed by atoms with Crippen LogP contribution >= 0.6 is 7.82 Å². The van der Waals surface area contributed by atoms with E-state index in [9.17, 15) is 0 Å². The second-order valence-corrected chi connectivity index (χ2v) is 3.45. The first-order valence-electron chi connectivity index (χ1n) is 3.99. The standard InChI is InChI=1S/C7H15.Nd.H3O4P/c1-3-5-7-6-4-2;;1-5(2,3)4/h1,3-7H2,2H3;;(H3,1,2,3,4)/q-1;;. The van der Waals surface area contributed by atoms with Crippen LogP contribution in [0.3, 0.4) is 0 Å². The smallest absolute Gasteiger partial charge is 0.343 e. The van der Waals surface area contributed by atoms with E-state index in [1.165, 1.54) is 25.7 Å². The number of unbranched alkanes of at least 4 members (excludes halogenated alkanes) is 4. The van der Waals surface area contributed by atoms with Crippen LogP contribution in [0.25, 0.3) is 0 Å². The van der Waals surface area contributed by atoms with Gasteiger partial charge in [0.25, 0.3) is 0 Å². The molecule has 0 fully saturated rings. The molecule has 0 radical (unpaired) electrons. The molecule has 0 rings (SSSR count). The van der Waals surface area contributed by atoms with Crippen LogP contribution in [0.2, 0.25) is 0 Å². The molecule has 0 aromatic heterocycles. The molecular weight excluding hydrogens is 323 g/mol. The van der Waals surface area contributed by atoms with Gasteiger partial charge in [0.15, 0.2) is 0 Å². The van der Waals surface area contributed by atoms with Gasteiger partial charge in [-0.05, 0) is 0 Å². The molecule has 3 N–H and O–H groups in total. The normalized spacial score (nSPS) is 9.62. The average Bonchev–Trinajstić information content (AvgIpc) is 1.85. The van der Waals surface area contributed by atoms with E-state index in [2.05, 4.69) is 13.8 Å². The first-order valence-corrected chi connectivity index (χ1v) is 5.55. The van der Waals surface area contributed by atoms with Gasteiger partial charge in [0, 0.05) is 40.8 Å². The van der Waals surface area contributed by atoms with Gasteiger partial charge in [-0.15, -0.1) is 0 Å². The van der Waals surface area contributed by atoms with Crippen LogP contribution in [0.1, 0.15) is 39.0 Å². The maximum Gasteiger partial charge on any atom is 0.466 e. The molecule has 6 heteroatoms. The fourth-order valence-electron chi connectivity index (χ4n) is 0.604. The third-order valence-corrected chi connectivity index (χ3v) is 1.10. The summed E-state index contributed by atoms with van der Waals surface area (Å²) in [6.45, 7) is 5.98. The van der Waals surface area contributed by atoms with Crippen molar-refractivity contribution in [2.75, 3.05) is 0 Å². The van der Waals surface area contributed by atoms with E-state index in [0.717, 1.165) is 6.42 Å². The maximum atomic E-state index is 8.88. The molecule has 0 heterocycles. The Kier molecular flexibility index (Phi) is 20.7. The van der Waals surface area contributed by atoms with Crippen LogP contribution in [-0.2, 0) is 4.57 Å². The molecule has 80 valence electrons. The van der Waals surface area contributed by atoms with E-state index >= 15 is 0 Å². The molecule has 0 aliphatic heterocycles. The Morgan fingerprint density at radius 3 is 1.77 bits per heavy atom. The van der Waals surface area contributed by atoms with Crippen LogP contribution in [0.4, 0.5) is 0 Å². The van der Waals surface area contributed by atoms with Crippen molar-refractivity contribution in [1.29, 1.82) is 0 Å². The summed E-state index contributed by atoms with van der Waals surface area (Å²) in [5.74, 6) is 0. The largest absolute Gasteiger partial charge is 0.466 e. The van der Waals surface area contributed by atoms with Gasteiger partial charge in [0.1, 0.15) is 0 Å². The second kappa shape index (κ2) is 13.5. The summed E-state index contributed by atoms with van der Waals surface area (Å²) in [4.78, 5) is 21.6. The Morgan fingerprint density at radius 1 is 1.15 bits per heavy atom. The zero-order valence-electron chi connectivity index (χ0n) is 7.94. The summed E-state index contributed by atoms with van der Waals surface area (Å²) in [5, 5.41) is 0. The number of phosphoric acid groups is 1. The van der Waals surface area contributed by atoms with Crippen molar-refractivity contribution in [3.05, 3.63) is 6.92 Å². The molecule has 0 bridgehead atoms. The van der Waals surface area contributed by atoms with Crippen molar-refractivity contribution in [3.63, 3.8) is 0 Å². The Bertz CT molecular complexity index is 113. The predicted octanol–water partition coefficient (Wildman–Crippen LogP) is 1.86. The summed E-state index contributed by atoms with van der Waals surface area (Å²) in [6.07, 6.45) is 6.52. The fourth-order valence-corrected chi connectivity index (χ4v) is 0.604. The molecule has 0 unspecified atom stereocenters. The third kappa shape index (κ3) is 59.3. The molecule has 4 nitrogen and oxygen atoms in total. The van der Waals surface area contributed by atoms with Gasteiger partial charge in [0.05, 0.1) is 0 Å². The van der Waals surface area contributed by atoms with Gasteiger partial charge in [-0.1, -0.05) is 32.6 Å². The summed E-state index contributed by atoms with van der Waals surface area (Å²) in [5.41, 5.74) is 0. The molecule has 13 heavy (non-hydrogen) atoms. The van der Waals surface area contributed by atoms with Gasteiger partial charge in [0.2, 0.25) is 0 Å². The molecule has 0 aromatic carbocycles. The molecule has 0 atom stereocenters. The quantitative estimate of drug-likeness (QED) is 0.414. The minimum atomic E-state index is -4.64. The Hall–Kier alpha value is 1.46. The van der Waals surface area contributed by atoms with Crippen LogP contribution in [0.5, 0.6) is 0 Å². The molecule has 0 spiro atoms. The predicted molar refractivity (Wildman–Crippen MR) is 48.4 cm³/mol. The van der Waals surface area contributed by atoms with E-state index in [-0.39, 0.29) is 40.8 Å². The number of rotatable bonds is 4. The molecule has 0 amide bonds. The topological polar surface area (TPSA) is 77.8 Å². The summed E-state index contributed by atoms with van der Waals surface area (Å²) >= 11 is 0. The van der Waals surface area contributed by atoms with Crippen molar-refractivity contribution in [2.24, 2.45) is 0 Å². The molecule has 0 saturated heterocycles. The zero-order valence-corrected chi connectivity index (χ0v) is 12.0. The van der Waals surface area contributed by atoms with E-state index in [1.807, 2.05) is 0 Å². The zero-order chi connectivity index (χ0) is 10.0. The van der Waals surface area contributed by atoms with Crippen molar-refractivity contribution >= 4 is 7.82 Å². The number of hydrogen-bond acceptors (Lipinski definition) is 1. The SMILES string of the molecule is O=P(O)(O)O.[CH2-]CCCCCC.[Nd]. The Balaban J connectivity index is -0.000000150. The third-order valence-electron chi connectivity index (χ3n) is 1.10. The summed E-state index contributed by atoms with van der Waals surface area (Å²) in [7, 11) is -4.64. The second-order valence-electron chi connectivity index (χ2n) is 2.43. The molecule has 0 saturated carbocycles. The van der Waals surface area contributed by atoms with Gasteiger partial charge < -0.3 is 21.6 Å². The summed E-state index contributed by atoms with van der Waals surface area (Å²) < 4.78 is 8.88. The molecule has 0 aromatic rings. The first-order chi connectivity index (χ1) is 5.41. The number of hydrogen-bond donors (Lipinski definition) is 3. The molecule has 0 aliphatic carbocycles. The van der Waals surface area contributed by atoms with Crippen molar-refractivity contribution < 1.29 is 60.1 Å². The minimum absolute atomic E-state index is 0. The van der Waals surface area contributed by atoms with Gasteiger partial charge in [-0.2, -0.15) is 6.42 Å². The van der Waals surface area contributed by atoms with Crippen molar-refractivity contribution in [1.82, 2.24) is 0 Å². The van der Waals surface area contributed by atoms with Crippen molar-refractivity contribution in [3.8, 4) is 0 Å². The molecular formula is C7H18NdO4P-. The summed E-state index contributed by atoms with van der Waals surface area (Å²) in [6, 6.07) is 0. The van der Waals surface area contributed by atoms with Crippen LogP contribution < -0.4 is 0 Å². The van der Waals surface area contributed by atoms with E-state index in [0.29, 0.717) is 0 Å². The minimum Gasteiger partial charge on any atom is -0.343 e. The van der Waals surface area contributed by atoms with Crippen LogP contribution in [-0.4, -0.2) is 14.7 Å². The van der Waals surface area contributed by atoms with Crippen LogP contribution in [0.15, 0.2) is 0 Å². The Morgan fingerprint density at radius 2 is 1.54 bits per heavy atom.